The Hall–Kier alpha value is -3.84. The van der Waals surface area contributed by atoms with Gasteiger partial charge in [-0.1, -0.05) is 36.4 Å². The van der Waals surface area contributed by atoms with Crippen molar-refractivity contribution in [3.05, 3.63) is 99.8 Å². The van der Waals surface area contributed by atoms with Crippen molar-refractivity contribution in [3.63, 3.8) is 0 Å². The fourth-order valence-electron chi connectivity index (χ4n) is 3.78. The molecule has 0 unspecified atom stereocenters. The fraction of sp³-hybridized carbons (Fsp3) is 0.185. The minimum Gasteiger partial charge on any atom is -0.497 e. The van der Waals surface area contributed by atoms with Crippen LogP contribution in [0.4, 0.5) is 5.69 Å². The zero-order chi connectivity index (χ0) is 24.1. The van der Waals surface area contributed by atoms with E-state index in [0.717, 1.165) is 33.5 Å². The number of aryl methyl sites for hydroxylation is 1. The summed E-state index contributed by atoms with van der Waals surface area (Å²) in [5, 5.41) is 4.75. The number of hydrogen-bond acceptors (Lipinski definition) is 4. The molecule has 0 bridgehead atoms. The highest BCUT2D eigenvalue weighted by Crippen LogP contribution is 2.24. The molecular weight excluding hydrogens is 446 g/mol. The highest BCUT2D eigenvalue weighted by atomic mass is 32.1. The molecule has 7 heteroatoms. The van der Waals surface area contributed by atoms with Crippen molar-refractivity contribution < 1.29 is 9.47 Å². The van der Waals surface area contributed by atoms with Crippen molar-refractivity contribution in [2.24, 2.45) is 0 Å². The van der Waals surface area contributed by atoms with Crippen LogP contribution in [0, 0.1) is 6.92 Å². The highest BCUT2D eigenvalue weighted by Gasteiger charge is 2.16. The average molecular weight is 474 g/mol. The SMILES string of the molecule is COc1ccc(CN(Cc2cc3ccc(C)cc3[nH]c2=O)C(=S)Nc2ccccc2OC)cc1. The Morgan fingerprint density at radius 2 is 1.74 bits per heavy atom. The van der Waals surface area contributed by atoms with E-state index in [1.807, 2.05) is 84.6 Å². The number of rotatable bonds is 7. The number of aromatic nitrogens is 1. The van der Waals surface area contributed by atoms with Crippen LogP contribution in [-0.4, -0.2) is 29.2 Å². The molecule has 6 nitrogen and oxygen atoms in total. The van der Waals surface area contributed by atoms with E-state index in [9.17, 15) is 4.79 Å². The second-order valence-electron chi connectivity index (χ2n) is 8.05. The molecular formula is C27H27N3O3S. The molecule has 0 radical (unpaired) electrons. The fourth-order valence-corrected chi connectivity index (χ4v) is 4.02. The normalized spacial score (nSPS) is 10.7. The molecule has 0 atom stereocenters. The van der Waals surface area contributed by atoms with Crippen LogP contribution in [0.5, 0.6) is 11.5 Å². The zero-order valence-corrected chi connectivity index (χ0v) is 20.2. The van der Waals surface area contributed by atoms with Crippen LogP contribution in [0.25, 0.3) is 10.9 Å². The molecule has 0 fully saturated rings. The number of pyridine rings is 1. The van der Waals surface area contributed by atoms with E-state index in [0.29, 0.717) is 29.5 Å². The first kappa shape index (κ1) is 23.3. The maximum atomic E-state index is 12.9. The summed E-state index contributed by atoms with van der Waals surface area (Å²) < 4.78 is 10.7. The molecule has 0 saturated carbocycles. The van der Waals surface area contributed by atoms with E-state index in [1.54, 1.807) is 14.2 Å². The number of ether oxygens (including phenoxy) is 2. The Labute approximate surface area is 204 Å². The van der Waals surface area contributed by atoms with E-state index >= 15 is 0 Å². The van der Waals surface area contributed by atoms with Gasteiger partial charge in [0.1, 0.15) is 11.5 Å². The number of methoxy groups -OCH3 is 2. The number of anilines is 1. The van der Waals surface area contributed by atoms with Crippen LogP contribution >= 0.6 is 12.2 Å². The Morgan fingerprint density at radius 3 is 2.47 bits per heavy atom. The predicted molar refractivity (Wildman–Crippen MR) is 141 cm³/mol. The minimum atomic E-state index is -0.127. The topological polar surface area (TPSA) is 66.6 Å². The van der Waals surface area contributed by atoms with Crippen LogP contribution in [0.15, 0.2) is 77.6 Å². The number of aromatic amines is 1. The average Bonchev–Trinajstić information content (AvgIpc) is 2.84. The molecule has 0 saturated heterocycles. The molecule has 2 N–H and O–H groups in total. The van der Waals surface area contributed by atoms with Gasteiger partial charge in [-0.3, -0.25) is 4.79 Å². The number of thiocarbonyl (C=S) groups is 1. The van der Waals surface area contributed by atoms with Crippen molar-refractivity contribution in [2.45, 2.75) is 20.0 Å². The van der Waals surface area contributed by atoms with Crippen molar-refractivity contribution in [1.29, 1.82) is 0 Å². The molecule has 3 aromatic carbocycles. The number of benzene rings is 3. The summed E-state index contributed by atoms with van der Waals surface area (Å²) in [6, 6.07) is 23.4. The molecule has 4 aromatic rings. The van der Waals surface area contributed by atoms with Crippen LogP contribution in [-0.2, 0) is 13.1 Å². The van der Waals surface area contributed by atoms with Gasteiger partial charge in [-0.25, -0.2) is 0 Å². The van der Waals surface area contributed by atoms with Gasteiger partial charge in [0.2, 0.25) is 0 Å². The van der Waals surface area contributed by atoms with E-state index < -0.39 is 0 Å². The smallest absolute Gasteiger partial charge is 0.253 e. The number of nitrogens with zero attached hydrogens (tertiary/aromatic N) is 1. The van der Waals surface area contributed by atoms with Crippen molar-refractivity contribution in [3.8, 4) is 11.5 Å². The molecule has 0 aliphatic carbocycles. The van der Waals surface area contributed by atoms with Gasteiger partial charge in [-0.2, -0.15) is 0 Å². The lowest BCUT2D eigenvalue weighted by Crippen LogP contribution is -2.35. The number of para-hydroxylation sites is 2. The van der Waals surface area contributed by atoms with Crippen LogP contribution in [0.1, 0.15) is 16.7 Å². The van der Waals surface area contributed by atoms with Gasteiger partial charge in [-0.15, -0.1) is 0 Å². The largest absolute Gasteiger partial charge is 0.497 e. The third-order valence-electron chi connectivity index (χ3n) is 5.61. The van der Waals surface area contributed by atoms with Crippen LogP contribution in [0.3, 0.4) is 0 Å². The maximum absolute atomic E-state index is 12.9. The Morgan fingerprint density at radius 1 is 0.971 bits per heavy atom. The zero-order valence-electron chi connectivity index (χ0n) is 19.4. The lowest BCUT2D eigenvalue weighted by molar-refractivity contribution is 0.404. The van der Waals surface area contributed by atoms with E-state index in [1.165, 1.54) is 0 Å². The van der Waals surface area contributed by atoms with Crippen molar-refractivity contribution in [2.75, 3.05) is 19.5 Å². The van der Waals surface area contributed by atoms with Gasteiger partial charge < -0.3 is 24.7 Å². The second-order valence-corrected chi connectivity index (χ2v) is 8.44. The molecule has 174 valence electrons. The maximum Gasteiger partial charge on any atom is 0.253 e. The summed E-state index contributed by atoms with van der Waals surface area (Å²) in [6.45, 7) is 2.85. The molecule has 0 amide bonds. The van der Waals surface area contributed by atoms with Crippen molar-refractivity contribution in [1.82, 2.24) is 9.88 Å². The number of fused-ring (bicyclic) bond motifs is 1. The molecule has 1 heterocycles. The third kappa shape index (κ3) is 5.38. The molecule has 0 spiro atoms. The Kier molecular flexibility index (Phi) is 7.13. The van der Waals surface area contributed by atoms with Gasteiger partial charge in [0.15, 0.2) is 5.11 Å². The molecule has 0 aliphatic rings. The molecule has 4 rings (SSSR count). The Balaban J connectivity index is 1.65. The number of hydrogen-bond donors (Lipinski definition) is 2. The standard InChI is InChI=1S/C27H27N3O3S/c1-18-8-11-20-15-21(26(31)28-24(20)14-18)17-30(16-19-9-12-22(32-2)13-10-19)27(34)29-23-6-4-5-7-25(23)33-3/h4-15H,16-17H2,1-3H3,(H,28,31)(H,29,34). The van der Waals surface area contributed by atoms with Crippen LogP contribution < -0.4 is 20.3 Å². The first-order valence-corrected chi connectivity index (χ1v) is 11.3. The summed E-state index contributed by atoms with van der Waals surface area (Å²) in [5.74, 6) is 1.47. The van der Waals surface area contributed by atoms with Crippen molar-refractivity contribution >= 4 is 33.9 Å². The predicted octanol–water partition coefficient (Wildman–Crippen LogP) is 5.25. The van der Waals surface area contributed by atoms with E-state index in [4.69, 9.17) is 21.7 Å². The minimum absolute atomic E-state index is 0.127. The summed E-state index contributed by atoms with van der Waals surface area (Å²) in [6.07, 6.45) is 0. The van der Waals surface area contributed by atoms with Gasteiger partial charge in [0, 0.05) is 17.6 Å². The highest BCUT2D eigenvalue weighted by molar-refractivity contribution is 7.80. The monoisotopic (exact) mass is 473 g/mol. The number of H-pyrrole nitrogens is 1. The summed E-state index contributed by atoms with van der Waals surface area (Å²) >= 11 is 5.79. The summed E-state index contributed by atoms with van der Waals surface area (Å²) in [4.78, 5) is 17.9. The quantitative estimate of drug-likeness (QED) is 0.357. The van der Waals surface area contributed by atoms with Crippen LogP contribution in [0.2, 0.25) is 0 Å². The third-order valence-corrected chi connectivity index (χ3v) is 5.97. The summed E-state index contributed by atoms with van der Waals surface area (Å²) in [5.41, 5.74) is 4.23. The first-order valence-electron chi connectivity index (χ1n) is 10.9. The summed E-state index contributed by atoms with van der Waals surface area (Å²) in [7, 11) is 3.26. The van der Waals surface area contributed by atoms with Gasteiger partial charge in [0.25, 0.3) is 5.56 Å². The first-order chi connectivity index (χ1) is 16.5. The van der Waals surface area contributed by atoms with Gasteiger partial charge in [0.05, 0.1) is 26.5 Å². The van der Waals surface area contributed by atoms with Gasteiger partial charge in [-0.05, 0) is 72.1 Å². The molecule has 34 heavy (non-hydrogen) atoms. The number of nitrogens with one attached hydrogen (secondary N) is 2. The van der Waals surface area contributed by atoms with E-state index in [2.05, 4.69) is 10.3 Å². The molecule has 1 aromatic heterocycles. The lowest BCUT2D eigenvalue weighted by Gasteiger charge is -2.26. The second kappa shape index (κ2) is 10.4. The molecule has 0 aliphatic heterocycles. The van der Waals surface area contributed by atoms with E-state index in [-0.39, 0.29) is 5.56 Å². The van der Waals surface area contributed by atoms with Gasteiger partial charge >= 0.3 is 0 Å². The Bertz CT molecular complexity index is 1370. The lowest BCUT2D eigenvalue weighted by atomic mass is 10.1.